The molecule has 1 aromatic carbocycles. The number of alkyl halides is 2. The number of nitriles is 1. The van der Waals surface area contributed by atoms with Crippen molar-refractivity contribution in [3.05, 3.63) is 29.1 Å². The summed E-state index contributed by atoms with van der Waals surface area (Å²) in [7, 11) is 0. The van der Waals surface area contributed by atoms with Gasteiger partial charge in [0, 0.05) is 5.56 Å². The van der Waals surface area contributed by atoms with Crippen LogP contribution < -0.4 is 0 Å². The third-order valence-electron chi connectivity index (χ3n) is 1.73. The molecule has 2 nitrogen and oxygen atoms in total. The Balaban J connectivity index is 2.96. The summed E-state index contributed by atoms with van der Waals surface area (Å²) in [5.74, 6) is -0.661. The van der Waals surface area contributed by atoms with Gasteiger partial charge in [-0.3, -0.25) is 0 Å². The van der Waals surface area contributed by atoms with E-state index in [1.807, 2.05) is 0 Å². The molecule has 1 aromatic rings. The SMILES string of the molecule is Cc1c([SH+]OC(F)F)ccc(F)c1C#N. The number of hydrogen-bond acceptors (Lipinski definition) is 2. The second-order valence-electron chi connectivity index (χ2n) is 2.64. The minimum atomic E-state index is -2.89. The zero-order valence-corrected chi connectivity index (χ0v) is 8.56. The molecule has 0 bridgehead atoms. The number of halogens is 3. The number of nitrogens with zero attached hydrogens (tertiary/aromatic N) is 1. The minimum absolute atomic E-state index is 0.0814. The molecule has 80 valence electrons. The summed E-state index contributed by atoms with van der Waals surface area (Å²) in [6, 6.07) is 4.04. The van der Waals surface area contributed by atoms with Gasteiger partial charge in [-0.15, -0.1) is 0 Å². The first kappa shape index (κ1) is 11.9. The molecular formula is C9H7F3NOS+. The third kappa shape index (κ3) is 2.88. The lowest BCUT2D eigenvalue weighted by Crippen LogP contribution is -2.01. The molecule has 0 N–H and O–H groups in total. The van der Waals surface area contributed by atoms with Gasteiger partial charge in [-0.1, -0.05) is 4.18 Å². The van der Waals surface area contributed by atoms with E-state index in [1.54, 1.807) is 6.07 Å². The zero-order chi connectivity index (χ0) is 11.4. The monoisotopic (exact) mass is 234 g/mol. The van der Waals surface area contributed by atoms with Crippen LogP contribution in [0.2, 0.25) is 0 Å². The predicted octanol–water partition coefficient (Wildman–Crippen LogP) is 2.33. The molecule has 0 saturated carbocycles. The van der Waals surface area contributed by atoms with Crippen LogP contribution in [-0.4, -0.2) is 6.61 Å². The molecule has 1 rings (SSSR count). The lowest BCUT2D eigenvalue weighted by molar-refractivity contribution is -0.0358. The minimum Gasteiger partial charge on any atom is -0.206 e. The second kappa shape index (κ2) is 5.05. The molecule has 0 aliphatic rings. The summed E-state index contributed by atoms with van der Waals surface area (Å²) >= 11 is -0.0814. The van der Waals surface area contributed by atoms with Crippen molar-refractivity contribution < 1.29 is 17.4 Å². The molecule has 6 heteroatoms. The maximum atomic E-state index is 13.0. The fraction of sp³-hybridized carbons (Fsp3) is 0.222. The van der Waals surface area contributed by atoms with Crippen molar-refractivity contribution in [2.75, 3.05) is 0 Å². The van der Waals surface area contributed by atoms with Gasteiger partial charge in [-0.25, -0.2) is 4.39 Å². The van der Waals surface area contributed by atoms with E-state index in [0.717, 1.165) is 6.07 Å². The Kier molecular flexibility index (Phi) is 4.00. The van der Waals surface area contributed by atoms with E-state index < -0.39 is 12.4 Å². The fourth-order valence-corrected chi connectivity index (χ4v) is 1.58. The highest BCUT2D eigenvalue weighted by Crippen LogP contribution is 2.19. The number of rotatable bonds is 3. The van der Waals surface area contributed by atoms with Crippen LogP contribution in [0, 0.1) is 24.1 Å². The van der Waals surface area contributed by atoms with Crippen molar-refractivity contribution in [2.24, 2.45) is 0 Å². The smallest absolute Gasteiger partial charge is 0.206 e. The van der Waals surface area contributed by atoms with E-state index in [-0.39, 0.29) is 17.6 Å². The Bertz CT molecular complexity index is 403. The summed E-state index contributed by atoms with van der Waals surface area (Å²) in [4.78, 5) is 0.355. The van der Waals surface area contributed by atoms with Crippen molar-refractivity contribution in [3.63, 3.8) is 0 Å². The van der Waals surface area contributed by atoms with E-state index >= 15 is 0 Å². The molecule has 0 amide bonds. The highest BCUT2D eigenvalue weighted by atomic mass is 32.2. The van der Waals surface area contributed by atoms with Crippen molar-refractivity contribution in [1.29, 1.82) is 5.26 Å². The fourth-order valence-electron chi connectivity index (χ4n) is 1.00. The van der Waals surface area contributed by atoms with Gasteiger partial charge in [0.1, 0.15) is 11.9 Å². The lowest BCUT2D eigenvalue weighted by Gasteiger charge is -2.00. The van der Waals surface area contributed by atoms with E-state index in [9.17, 15) is 13.2 Å². The van der Waals surface area contributed by atoms with Crippen LogP contribution in [-0.2, 0) is 16.2 Å². The summed E-state index contributed by atoms with van der Waals surface area (Å²) < 4.78 is 40.6. The zero-order valence-electron chi connectivity index (χ0n) is 7.67. The third-order valence-corrected chi connectivity index (χ3v) is 2.67. The van der Waals surface area contributed by atoms with Crippen molar-refractivity contribution >= 4 is 12.0 Å². The lowest BCUT2D eigenvalue weighted by atomic mass is 10.1. The van der Waals surface area contributed by atoms with Crippen molar-refractivity contribution in [1.82, 2.24) is 0 Å². The maximum absolute atomic E-state index is 13.0. The van der Waals surface area contributed by atoms with Gasteiger partial charge in [0.25, 0.3) is 0 Å². The summed E-state index contributed by atoms with van der Waals surface area (Å²) in [6.45, 7) is -1.40. The Morgan fingerprint density at radius 3 is 2.67 bits per heavy atom. The van der Waals surface area contributed by atoms with E-state index in [4.69, 9.17) is 5.26 Å². The standard InChI is InChI=1S/C9H6F3NOS/c1-5-6(4-13)7(10)2-3-8(5)15-14-9(11)12/h2-3,9H,1H3/p+1. The van der Waals surface area contributed by atoms with Crippen LogP contribution in [0.5, 0.6) is 0 Å². The van der Waals surface area contributed by atoms with Crippen LogP contribution in [0.25, 0.3) is 0 Å². The number of hydrogen-bond donors (Lipinski definition) is 0. The highest BCUT2D eigenvalue weighted by molar-refractivity contribution is 7.73. The molecule has 15 heavy (non-hydrogen) atoms. The molecule has 0 aliphatic heterocycles. The molecule has 0 aliphatic carbocycles. The molecular weight excluding hydrogens is 227 g/mol. The highest BCUT2D eigenvalue weighted by Gasteiger charge is 2.18. The van der Waals surface area contributed by atoms with Gasteiger partial charge in [-0.05, 0) is 19.1 Å². The Labute approximate surface area is 88.9 Å². The first-order valence-electron chi connectivity index (χ1n) is 3.90. The van der Waals surface area contributed by atoms with E-state index in [2.05, 4.69) is 4.18 Å². The maximum Gasteiger partial charge on any atom is 0.390 e. The molecule has 0 atom stereocenters. The predicted molar refractivity (Wildman–Crippen MR) is 50.0 cm³/mol. The van der Waals surface area contributed by atoms with Crippen LogP contribution in [0.1, 0.15) is 11.1 Å². The van der Waals surface area contributed by atoms with Crippen molar-refractivity contribution in [3.8, 4) is 6.07 Å². The van der Waals surface area contributed by atoms with Gasteiger partial charge < -0.3 is 0 Å². The van der Waals surface area contributed by atoms with Crippen LogP contribution in [0.15, 0.2) is 17.0 Å². The van der Waals surface area contributed by atoms with E-state index in [1.165, 1.54) is 13.0 Å². The van der Waals surface area contributed by atoms with Crippen LogP contribution >= 0.6 is 0 Å². The second-order valence-corrected chi connectivity index (χ2v) is 3.51. The largest absolute Gasteiger partial charge is 0.390 e. The average Bonchev–Trinajstić information content (AvgIpc) is 2.17. The first-order valence-corrected chi connectivity index (χ1v) is 4.71. The van der Waals surface area contributed by atoms with Gasteiger partial charge in [0.05, 0.1) is 5.56 Å². The molecule has 0 saturated heterocycles. The quantitative estimate of drug-likeness (QED) is 0.594. The molecule has 0 unspecified atom stereocenters. The van der Waals surface area contributed by atoms with Gasteiger partial charge >= 0.3 is 6.61 Å². The topological polar surface area (TPSA) is 33.0 Å². The molecule has 0 fully saturated rings. The number of benzene rings is 1. The Morgan fingerprint density at radius 1 is 1.47 bits per heavy atom. The molecule has 0 aromatic heterocycles. The normalized spacial score (nSPS) is 10.4. The van der Waals surface area contributed by atoms with Gasteiger partial charge in [0.15, 0.2) is 16.9 Å². The summed E-state index contributed by atoms with van der Waals surface area (Å²) in [6.07, 6.45) is 0. The van der Waals surface area contributed by atoms with Gasteiger partial charge in [0.2, 0.25) is 0 Å². The molecule has 0 heterocycles. The summed E-state index contributed by atoms with van der Waals surface area (Å²) in [5, 5.41) is 8.62. The molecule has 0 spiro atoms. The van der Waals surface area contributed by atoms with Crippen LogP contribution in [0.3, 0.4) is 0 Å². The van der Waals surface area contributed by atoms with Crippen LogP contribution in [0.4, 0.5) is 13.2 Å². The average molecular weight is 234 g/mol. The van der Waals surface area contributed by atoms with Gasteiger partial charge in [-0.2, -0.15) is 14.0 Å². The molecule has 0 radical (unpaired) electrons. The summed E-state index contributed by atoms with van der Waals surface area (Å²) in [5.41, 5.74) is 0.178. The van der Waals surface area contributed by atoms with Crippen molar-refractivity contribution in [2.45, 2.75) is 18.4 Å². The Hall–Kier alpha value is -1.19. The number of thiol groups is 1. The Morgan fingerprint density at radius 2 is 2.13 bits per heavy atom. The first-order chi connectivity index (χ1) is 7.06. The van der Waals surface area contributed by atoms with E-state index in [0.29, 0.717) is 10.5 Å².